The van der Waals surface area contributed by atoms with Crippen LogP contribution in [0.4, 0.5) is 0 Å². The van der Waals surface area contributed by atoms with Crippen LogP contribution in [-0.2, 0) is 0 Å². The molecule has 1 N–H and O–H groups in total. The fraction of sp³-hybridized carbons (Fsp3) is 0.375. The Labute approximate surface area is 60.5 Å². The summed E-state index contributed by atoms with van der Waals surface area (Å²) in [5, 5.41) is 9.05. The fourth-order valence-electron chi connectivity index (χ4n) is 0.726. The van der Waals surface area contributed by atoms with E-state index in [1.165, 1.54) is 0 Å². The van der Waals surface area contributed by atoms with Crippen LogP contribution in [0, 0.1) is 6.92 Å². The average Bonchev–Trinajstić information content (AvgIpc) is 1.88. The van der Waals surface area contributed by atoms with Gasteiger partial charge in [0.15, 0.2) is 0 Å². The summed E-state index contributed by atoms with van der Waals surface area (Å²) >= 11 is 0. The first-order valence-electron chi connectivity index (χ1n) is 3.31. The molecule has 0 aromatic carbocycles. The first-order valence-corrected chi connectivity index (χ1v) is 3.31. The Bertz CT molecular complexity index is 203. The Kier molecular flexibility index (Phi) is 2.02. The van der Waals surface area contributed by atoms with E-state index in [9.17, 15) is 0 Å². The molecule has 0 fully saturated rings. The fourth-order valence-corrected chi connectivity index (χ4v) is 0.726. The van der Waals surface area contributed by atoms with E-state index in [0.717, 1.165) is 11.3 Å². The van der Waals surface area contributed by atoms with Crippen LogP contribution in [0.1, 0.15) is 24.3 Å². The highest BCUT2D eigenvalue weighted by molar-refractivity contribution is 5.13. The minimum Gasteiger partial charge on any atom is -0.387 e. The lowest BCUT2D eigenvalue weighted by atomic mass is 10.2. The second-order valence-electron chi connectivity index (χ2n) is 2.44. The highest BCUT2D eigenvalue weighted by Crippen LogP contribution is 2.07. The molecule has 0 saturated carbocycles. The Morgan fingerprint density at radius 3 is 2.60 bits per heavy atom. The van der Waals surface area contributed by atoms with Crippen molar-refractivity contribution < 1.29 is 5.11 Å². The predicted octanol–water partition coefficient (Wildman–Crippen LogP) is 1.44. The summed E-state index contributed by atoms with van der Waals surface area (Å²) in [5.41, 5.74) is 1.84. The van der Waals surface area contributed by atoms with Crippen LogP contribution >= 0.6 is 0 Å². The standard InChI is InChI=1S/C8H11NO/c1-6-3-4-8(7(2)10)9-5-6/h3-5,7,10H,1-2H3/t7-/m0/s1. The molecule has 0 spiro atoms. The molecule has 0 amide bonds. The van der Waals surface area contributed by atoms with Gasteiger partial charge in [-0.05, 0) is 25.5 Å². The minimum atomic E-state index is -0.458. The van der Waals surface area contributed by atoms with Gasteiger partial charge < -0.3 is 5.11 Å². The van der Waals surface area contributed by atoms with E-state index in [1.807, 2.05) is 19.1 Å². The molecule has 2 nitrogen and oxygen atoms in total. The molecule has 0 radical (unpaired) electrons. The van der Waals surface area contributed by atoms with Crippen LogP contribution in [0.25, 0.3) is 0 Å². The Balaban J connectivity index is 2.89. The zero-order chi connectivity index (χ0) is 7.56. The van der Waals surface area contributed by atoms with Crippen molar-refractivity contribution in [1.82, 2.24) is 4.98 Å². The third kappa shape index (κ3) is 1.54. The molecule has 0 saturated heterocycles. The van der Waals surface area contributed by atoms with Gasteiger partial charge in [0.25, 0.3) is 0 Å². The Morgan fingerprint density at radius 2 is 2.20 bits per heavy atom. The highest BCUT2D eigenvalue weighted by atomic mass is 16.3. The summed E-state index contributed by atoms with van der Waals surface area (Å²) in [6.07, 6.45) is 1.29. The molecule has 0 aliphatic heterocycles. The van der Waals surface area contributed by atoms with E-state index in [4.69, 9.17) is 5.11 Å². The Morgan fingerprint density at radius 1 is 1.50 bits per heavy atom. The summed E-state index contributed by atoms with van der Waals surface area (Å²) in [7, 11) is 0. The molecule has 10 heavy (non-hydrogen) atoms. The van der Waals surface area contributed by atoms with Gasteiger partial charge in [-0.15, -0.1) is 0 Å². The summed E-state index contributed by atoms with van der Waals surface area (Å²) in [5.74, 6) is 0. The van der Waals surface area contributed by atoms with Crippen LogP contribution in [0.5, 0.6) is 0 Å². The van der Waals surface area contributed by atoms with Crippen LogP contribution in [0.15, 0.2) is 18.3 Å². The third-order valence-corrected chi connectivity index (χ3v) is 1.36. The third-order valence-electron chi connectivity index (χ3n) is 1.36. The van der Waals surface area contributed by atoms with Gasteiger partial charge in [0.2, 0.25) is 0 Å². The number of hydrogen-bond donors (Lipinski definition) is 1. The summed E-state index contributed by atoms with van der Waals surface area (Å²) < 4.78 is 0. The second kappa shape index (κ2) is 2.80. The maximum atomic E-state index is 9.05. The Hall–Kier alpha value is -0.890. The lowest BCUT2D eigenvalue weighted by molar-refractivity contribution is 0.194. The van der Waals surface area contributed by atoms with Crippen molar-refractivity contribution in [3.05, 3.63) is 29.6 Å². The smallest absolute Gasteiger partial charge is 0.0931 e. The SMILES string of the molecule is Cc1ccc([C@H](C)O)nc1. The molecule has 2 heteroatoms. The van der Waals surface area contributed by atoms with Crippen LogP contribution in [-0.4, -0.2) is 10.1 Å². The summed E-state index contributed by atoms with van der Waals surface area (Å²) in [6.45, 7) is 3.68. The average molecular weight is 137 g/mol. The summed E-state index contributed by atoms with van der Waals surface area (Å²) in [4.78, 5) is 4.03. The van der Waals surface area contributed by atoms with Crippen molar-refractivity contribution in [3.8, 4) is 0 Å². The zero-order valence-electron chi connectivity index (χ0n) is 6.20. The number of nitrogens with zero attached hydrogens (tertiary/aromatic N) is 1. The number of aliphatic hydroxyl groups is 1. The normalized spacial score (nSPS) is 13.1. The van der Waals surface area contributed by atoms with E-state index in [1.54, 1.807) is 13.1 Å². The molecule has 1 aromatic rings. The van der Waals surface area contributed by atoms with Crippen molar-refractivity contribution in [2.45, 2.75) is 20.0 Å². The maximum absolute atomic E-state index is 9.05. The quantitative estimate of drug-likeness (QED) is 0.635. The van der Waals surface area contributed by atoms with Crippen molar-refractivity contribution in [3.63, 3.8) is 0 Å². The maximum Gasteiger partial charge on any atom is 0.0931 e. The van der Waals surface area contributed by atoms with Gasteiger partial charge in [0.05, 0.1) is 11.8 Å². The number of pyridine rings is 1. The van der Waals surface area contributed by atoms with Gasteiger partial charge in [-0.3, -0.25) is 4.98 Å². The molecule has 0 aliphatic carbocycles. The molecule has 1 heterocycles. The molecule has 0 unspecified atom stereocenters. The molecule has 1 aromatic heterocycles. The largest absolute Gasteiger partial charge is 0.387 e. The number of rotatable bonds is 1. The van der Waals surface area contributed by atoms with Gasteiger partial charge in [0, 0.05) is 6.20 Å². The molecule has 0 bridgehead atoms. The van der Waals surface area contributed by atoms with Crippen LogP contribution in [0.2, 0.25) is 0 Å². The van der Waals surface area contributed by atoms with E-state index >= 15 is 0 Å². The van der Waals surface area contributed by atoms with Gasteiger partial charge in [-0.1, -0.05) is 6.07 Å². The van der Waals surface area contributed by atoms with Crippen LogP contribution < -0.4 is 0 Å². The van der Waals surface area contributed by atoms with Gasteiger partial charge in [0.1, 0.15) is 0 Å². The van der Waals surface area contributed by atoms with Gasteiger partial charge >= 0.3 is 0 Å². The van der Waals surface area contributed by atoms with Crippen molar-refractivity contribution in [1.29, 1.82) is 0 Å². The second-order valence-corrected chi connectivity index (χ2v) is 2.44. The predicted molar refractivity (Wildman–Crippen MR) is 39.6 cm³/mol. The van der Waals surface area contributed by atoms with Gasteiger partial charge in [-0.25, -0.2) is 0 Å². The first kappa shape index (κ1) is 7.22. The van der Waals surface area contributed by atoms with Crippen molar-refractivity contribution in [2.24, 2.45) is 0 Å². The van der Waals surface area contributed by atoms with Crippen molar-refractivity contribution in [2.75, 3.05) is 0 Å². The summed E-state index contributed by atoms with van der Waals surface area (Å²) in [6, 6.07) is 3.77. The monoisotopic (exact) mass is 137 g/mol. The van der Waals surface area contributed by atoms with Gasteiger partial charge in [-0.2, -0.15) is 0 Å². The number of aromatic nitrogens is 1. The molecular weight excluding hydrogens is 126 g/mol. The molecule has 1 atom stereocenters. The molecule has 54 valence electrons. The molecule has 1 rings (SSSR count). The van der Waals surface area contributed by atoms with E-state index in [0.29, 0.717) is 0 Å². The van der Waals surface area contributed by atoms with E-state index in [2.05, 4.69) is 4.98 Å². The minimum absolute atomic E-state index is 0.458. The lowest BCUT2D eigenvalue weighted by Gasteiger charge is -2.01. The highest BCUT2D eigenvalue weighted by Gasteiger charge is 1.98. The van der Waals surface area contributed by atoms with Crippen molar-refractivity contribution >= 4 is 0 Å². The van der Waals surface area contributed by atoms with E-state index < -0.39 is 6.10 Å². The first-order chi connectivity index (χ1) is 4.70. The number of hydrogen-bond acceptors (Lipinski definition) is 2. The lowest BCUT2D eigenvalue weighted by Crippen LogP contribution is -1.94. The molecular formula is C8H11NO. The molecule has 0 aliphatic rings. The topological polar surface area (TPSA) is 33.1 Å². The van der Waals surface area contributed by atoms with E-state index in [-0.39, 0.29) is 0 Å². The number of aryl methyl sites for hydroxylation is 1. The zero-order valence-corrected chi connectivity index (χ0v) is 6.20. The van der Waals surface area contributed by atoms with Crippen LogP contribution in [0.3, 0.4) is 0 Å². The number of aliphatic hydroxyl groups excluding tert-OH is 1.